The van der Waals surface area contributed by atoms with Crippen molar-refractivity contribution in [3.8, 4) is 5.75 Å². The lowest BCUT2D eigenvalue weighted by atomic mass is 9.83. The Morgan fingerprint density at radius 1 is 1.32 bits per heavy atom. The van der Waals surface area contributed by atoms with Gasteiger partial charge in [0.2, 0.25) is 0 Å². The normalized spacial score (nSPS) is 13.4. The number of nitrogens with one attached hydrogen (secondary N) is 1. The Bertz CT molecular complexity index is 398. The molecule has 3 heteroatoms. The van der Waals surface area contributed by atoms with Crippen molar-refractivity contribution < 1.29 is 4.74 Å². The van der Waals surface area contributed by atoms with Gasteiger partial charge in [-0.1, -0.05) is 33.8 Å². The van der Waals surface area contributed by atoms with Gasteiger partial charge in [0.15, 0.2) is 0 Å². The molecule has 0 aromatic heterocycles. The summed E-state index contributed by atoms with van der Waals surface area (Å²) in [5.74, 6) is 0.887. The van der Waals surface area contributed by atoms with E-state index in [4.69, 9.17) is 4.74 Å². The summed E-state index contributed by atoms with van der Waals surface area (Å²) >= 11 is 3.55. The first-order valence-corrected chi connectivity index (χ1v) is 7.73. The van der Waals surface area contributed by atoms with Crippen LogP contribution in [0, 0.1) is 5.41 Å². The summed E-state index contributed by atoms with van der Waals surface area (Å²) in [5.41, 5.74) is 1.58. The Hall–Kier alpha value is -0.540. The molecule has 0 fully saturated rings. The fourth-order valence-corrected chi connectivity index (χ4v) is 2.66. The molecule has 0 aliphatic carbocycles. The molecule has 0 aliphatic rings. The first-order valence-electron chi connectivity index (χ1n) is 6.94. The molecule has 0 radical (unpaired) electrons. The van der Waals surface area contributed by atoms with Crippen LogP contribution in [0.15, 0.2) is 22.7 Å². The van der Waals surface area contributed by atoms with E-state index in [9.17, 15) is 0 Å². The molecule has 0 aliphatic heterocycles. The molecular formula is C16H26BrNO. The van der Waals surface area contributed by atoms with Crippen LogP contribution in [-0.4, -0.2) is 19.7 Å². The highest BCUT2D eigenvalue weighted by atomic mass is 79.9. The van der Waals surface area contributed by atoms with Gasteiger partial charge in [-0.05, 0) is 58.4 Å². The van der Waals surface area contributed by atoms with Crippen LogP contribution in [-0.2, 0) is 6.42 Å². The van der Waals surface area contributed by atoms with E-state index in [1.54, 1.807) is 7.11 Å². The standard InChI is InChI=1S/C16H26BrNO/c1-6-9-18-15(16(2,3)4)11-12-7-8-14(19-5)13(17)10-12/h7-8,10,15,18H,6,9,11H2,1-5H3. The lowest BCUT2D eigenvalue weighted by Crippen LogP contribution is -2.42. The van der Waals surface area contributed by atoms with E-state index in [-0.39, 0.29) is 5.41 Å². The van der Waals surface area contributed by atoms with Crippen LogP contribution in [0.1, 0.15) is 39.7 Å². The summed E-state index contributed by atoms with van der Waals surface area (Å²) in [5, 5.41) is 3.66. The number of halogens is 1. The van der Waals surface area contributed by atoms with Crippen LogP contribution in [0.5, 0.6) is 5.75 Å². The van der Waals surface area contributed by atoms with Gasteiger partial charge >= 0.3 is 0 Å². The van der Waals surface area contributed by atoms with E-state index >= 15 is 0 Å². The molecular weight excluding hydrogens is 302 g/mol. The van der Waals surface area contributed by atoms with Gasteiger partial charge in [0.1, 0.15) is 5.75 Å². The highest BCUT2D eigenvalue weighted by Crippen LogP contribution is 2.28. The second-order valence-corrected chi connectivity index (χ2v) is 6.90. The minimum Gasteiger partial charge on any atom is -0.496 e. The summed E-state index contributed by atoms with van der Waals surface area (Å²) in [4.78, 5) is 0. The zero-order valence-corrected chi connectivity index (χ0v) is 14.3. The predicted octanol–water partition coefficient (Wildman–Crippen LogP) is 4.41. The van der Waals surface area contributed by atoms with E-state index in [0.717, 1.165) is 23.2 Å². The maximum atomic E-state index is 5.27. The molecule has 0 spiro atoms. The molecule has 19 heavy (non-hydrogen) atoms. The van der Waals surface area contributed by atoms with Crippen molar-refractivity contribution in [2.75, 3.05) is 13.7 Å². The molecule has 1 rings (SSSR count). The molecule has 1 unspecified atom stereocenters. The first-order chi connectivity index (χ1) is 8.88. The van der Waals surface area contributed by atoms with Crippen molar-refractivity contribution in [3.05, 3.63) is 28.2 Å². The Morgan fingerprint density at radius 3 is 2.47 bits per heavy atom. The first kappa shape index (κ1) is 16.5. The van der Waals surface area contributed by atoms with E-state index in [2.05, 4.69) is 61.1 Å². The topological polar surface area (TPSA) is 21.3 Å². The van der Waals surface area contributed by atoms with Gasteiger partial charge in [-0.2, -0.15) is 0 Å². The molecule has 2 nitrogen and oxygen atoms in total. The molecule has 1 N–H and O–H groups in total. The number of rotatable bonds is 6. The third kappa shape index (κ3) is 5.15. The number of hydrogen-bond acceptors (Lipinski definition) is 2. The monoisotopic (exact) mass is 327 g/mol. The second kappa shape index (κ2) is 7.30. The number of benzene rings is 1. The SMILES string of the molecule is CCCNC(Cc1ccc(OC)c(Br)c1)C(C)(C)C. The fourth-order valence-electron chi connectivity index (χ4n) is 2.08. The Labute approximate surface area is 126 Å². The third-order valence-electron chi connectivity index (χ3n) is 3.34. The lowest BCUT2D eigenvalue weighted by molar-refractivity contribution is 0.266. The van der Waals surface area contributed by atoms with Gasteiger partial charge in [0.25, 0.3) is 0 Å². The lowest BCUT2D eigenvalue weighted by Gasteiger charge is -2.32. The van der Waals surface area contributed by atoms with E-state index in [0.29, 0.717) is 6.04 Å². The van der Waals surface area contributed by atoms with Crippen LogP contribution in [0.25, 0.3) is 0 Å². The van der Waals surface area contributed by atoms with Crippen molar-refractivity contribution in [2.24, 2.45) is 5.41 Å². The molecule has 108 valence electrons. The van der Waals surface area contributed by atoms with Gasteiger partial charge in [-0.25, -0.2) is 0 Å². The smallest absolute Gasteiger partial charge is 0.133 e. The number of ether oxygens (including phenoxy) is 1. The zero-order chi connectivity index (χ0) is 14.5. The molecule has 0 heterocycles. The van der Waals surface area contributed by atoms with Crippen LogP contribution < -0.4 is 10.1 Å². The van der Waals surface area contributed by atoms with E-state index < -0.39 is 0 Å². The van der Waals surface area contributed by atoms with Crippen molar-refractivity contribution in [3.63, 3.8) is 0 Å². The molecule has 1 aromatic rings. The van der Waals surface area contributed by atoms with Crippen molar-refractivity contribution in [2.45, 2.75) is 46.6 Å². The molecule has 0 saturated heterocycles. The molecule has 1 aromatic carbocycles. The van der Waals surface area contributed by atoms with Gasteiger partial charge in [0.05, 0.1) is 11.6 Å². The quantitative estimate of drug-likeness (QED) is 0.835. The van der Waals surface area contributed by atoms with Crippen LogP contribution in [0.3, 0.4) is 0 Å². The highest BCUT2D eigenvalue weighted by molar-refractivity contribution is 9.10. The summed E-state index contributed by atoms with van der Waals surface area (Å²) in [6.45, 7) is 10.1. The van der Waals surface area contributed by atoms with Gasteiger partial charge < -0.3 is 10.1 Å². The summed E-state index contributed by atoms with van der Waals surface area (Å²) in [7, 11) is 1.69. The van der Waals surface area contributed by atoms with Crippen LogP contribution in [0.4, 0.5) is 0 Å². The summed E-state index contributed by atoms with van der Waals surface area (Å²) in [6, 6.07) is 6.81. The maximum absolute atomic E-state index is 5.27. The highest BCUT2D eigenvalue weighted by Gasteiger charge is 2.24. The average molecular weight is 328 g/mol. The molecule has 1 atom stereocenters. The Kier molecular flexibility index (Phi) is 6.34. The third-order valence-corrected chi connectivity index (χ3v) is 3.96. The number of hydrogen-bond donors (Lipinski definition) is 1. The zero-order valence-electron chi connectivity index (χ0n) is 12.7. The molecule has 0 saturated carbocycles. The summed E-state index contributed by atoms with van der Waals surface area (Å²) in [6.07, 6.45) is 2.20. The van der Waals surface area contributed by atoms with E-state index in [1.807, 2.05) is 6.07 Å². The fraction of sp³-hybridized carbons (Fsp3) is 0.625. The number of methoxy groups -OCH3 is 1. The van der Waals surface area contributed by atoms with E-state index in [1.165, 1.54) is 12.0 Å². The molecule has 0 bridgehead atoms. The Morgan fingerprint density at radius 2 is 2.00 bits per heavy atom. The van der Waals surface area contributed by atoms with Gasteiger partial charge in [-0.15, -0.1) is 0 Å². The Balaban J connectivity index is 2.81. The maximum Gasteiger partial charge on any atom is 0.133 e. The summed E-state index contributed by atoms with van der Waals surface area (Å²) < 4.78 is 6.30. The molecule has 0 amide bonds. The predicted molar refractivity (Wildman–Crippen MR) is 85.9 cm³/mol. The van der Waals surface area contributed by atoms with Gasteiger partial charge in [-0.3, -0.25) is 0 Å². The van der Waals surface area contributed by atoms with Crippen LogP contribution in [0.2, 0.25) is 0 Å². The second-order valence-electron chi connectivity index (χ2n) is 6.05. The van der Waals surface area contributed by atoms with Crippen molar-refractivity contribution in [1.82, 2.24) is 5.32 Å². The van der Waals surface area contributed by atoms with Crippen molar-refractivity contribution >= 4 is 15.9 Å². The minimum atomic E-state index is 0.252. The van der Waals surface area contributed by atoms with Gasteiger partial charge in [0, 0.05) is 6.04 Å². The average Bonchev–Trinajstić information content (AvgIpc) is 2.33. The minimum absolute atomic E-state index is 0.252. The van der Waals surface area contributed by atoms with Crippen molar-refractivity contribution in [1.29, 1.82) is 0 Å². The van der Waals surface area contributed by atoms with Crippen LogP contribution >= 0.6 is 15.9 Å². The largest absolute Gasteiger partial charge is 0.496 e.